The van der Waals surface area contributed by atoms with Gasteiger partial charge in [0.2, 0.25) is 11.8 Å². The van der Waals surface area contributed by atoms with Crippen LogP contribution in [0.3, 0.4) is 0 Å². The molecule has 2 aromatic carbocycles. The number of carbonyl (C=O) groups excluding carboxylic acids is 2. The molecule has 1 aliphatic heterocycles. The summed E-state index contributed by atoms with van der Waals surface area (Å²) in [6.45, 7) is 4.41. The van der Waals surface area contributed by atoms with E-state index in [1.54, 1.807) is 0 Å². The lowest BCUT2D eigenvalue weighted by Gasteiger charge is -2.26. The monoisotopic (exact) mass is 435 g/mol. The third-order valence-electron chi connectivity index (χ3n) is 4.97. The van der Waals surface area contributed by atoms with Crippen LogP contribution in [-0.2, 0) is 16.0 Å². The van der Waals surface area contributed by atoms with Crippen LogP contribution >= 0.6 is 11.8 Å². The maximum Gasteiger partial charge on any atom is 0.234 e. The van der Waals surface area contributed by atoms with Crippen LogP contribution in [0.25, 0.3) is 0 Å². The summed E-state index contributed by atoms with van der Waals surface area (Å²) in [5, 5.41) is 16.0. The van der Waals surface area contributed by atoms with E-state index in [1.807, 2.05) is 62.4 Å². The van der Waals surface area contributed by atoms with Crippen molar-refractivity contribution in [2.24, 2.45) is 0 Å². The third-order valence-corrected chi connectivity index (χ3v) is 5.99. The molecule has 7 heteroatoms. The van der Waals surface area contributed by atoms with Crippen molar-refractivity contribution in [2.75, 3.05) is 17.7 Å². The number of rotatable bonds is 8. The zero-order chi connectivity index (χ0) is 22.2. The number of allylic oxidation sites excluding steroid dienone is 1. The number of nitrogens with one attached hydrogen (secondary N) is 2. The third kappa shape index (κ3) is 5.47. The van der Waals surface area contributed by atoms with Crippen molar-refractivity contribution in [1.82, 2.24) is 5.32 Å². The molecule has 0 aliphatic carbocycles. The summed E-state index contributed by atoms with van der Waals surface area (Å²) in [6.07, 6.45) is 0.970. The van der Waals surface area contributed by atoms with E-state index in [4.69, 9.17) is 4.74 Å². The van der Waals surface area contributed by atoms with Gasteiger partial charge in [-0.1, -0.05) is 55.1 Å². The van der Waals surface area contributed by atoms with Crippen molar-refractivity contribution in [3.8, 4) is 11.8 Å². The first-order chi connectivity index (χ1) is 15.1. The van der Waals surface area contributed by atoms with Gasteiger partial charge in [-0.2, -0.15) is 5.26 Å². The number of nitriles is 1. The molecule has 0 aromatic heterocycles. The van der Waals surface area contributed by atoms with Crippen LogP contribution in [0.2, 0.25) is 0 Å². The molecule has 6 nitrogen and oxygen atoms in total. The van der Waals surface area contributed by atoms with Crippen LogP contribution in [0.5, 0.6) is 5.75 Å². The zero-order valence-corrected chi connectivity index (χ0v) is 18.4. The van der Waals surface area contributed by atoms with E-state index in [1.165, 1.54) is 0 Å². The van der Waals surface area contributed by atoms with E-state index in [0.29, 0.717) is 23.0 Å². The SMILES string of the molecule is CCOc1ccccc1C1CC(=O)NC(SCC(=O)Nc2ccccc2CC)=C1C#N. The van der Waals surface area contributed by atoms with Gasteiger partial charge < -0.3 is 15.4 Å². The average Bonchev–Trinajstić information content (AvgIpc) is 2.78. The fraction of sp³-hybridized carbons (Fsp3) is 0.292. The highest BCUT2D eigenvalue weighted by Gasteiger charge is 2.31. The van der Waals surface area contributed by atoms with Gasteiger partial charge in [-0.15, -0.1) is 0 Å². The van der Waals surface area contributed by atoms with Gasteiger partial charge in [0, 0.05) is 23.6 Å². The molecule has 160 valence electrons. The average molecular weight is 436 g/mol. The van der Waals surface area contributed by atoms with Gasteiger partial charge in [0.05, 0.1) is 29.0 Å². The Kier molecular flexibility index (Phi) is 7.74. The molecule has 0 spiro atoms. The molecule has 0 saturated heterocycles. The molecule has 1 unspecified atom stereocenters. The molecular formula is C24H25N3O3S. The molecule has 2 aromatic rings. The zero-order valence-electron chi connectivity index (χ0n) is 17.6. The van der Waals surface area contributed by atoms with Crippen molar-refractivity contribution in [1.29, 1.82) is 5.26 Å². The lowest BCUT2D eigenvalue weighted by Crippen LogP contribution is -2.31. The molecule has 1 heterocycles. The Morgan fingerprint density at radius 1 is 1.23 bits per heavy atom. The number of nitrogens with zero attached hydrogens (tertiary/aromatic N) is 1. The van der Waals surface area contributed by atoms with Crippen LogP contribution in [0.4, 0.5) is 5.69 Å². The second kappa shape index (κ2) is 10.7. The largest absolute Gasteiger partial charge is 0.494 e. The number of amides is 2. The number of anilines is 1. The summed E-state index contributed by atoms with van der Waals surface area (Å²) in [7, 11) is 0. The maximum absolute atomic E-state index is 12.5. The molecule has 2 N–H and O–H groups in total. The van der Waals surface area contributed by atoms with E-state index >= 15 is 0 Å². The summed E-state index contributed by atoms with van der Waals surface area (Å²) < 4.78 is 5.71. The predicted molar refractivity (Wildman–Crippen MR) is 123 cm³/mol. The highest BCUT2D eigenvalue weighted by Crippen LogP contribution is 2.39. The molecule has 3 rings (SSSR count). The van der Waals surface area contributed by atoms with Crippen molar-refractivity contribution in [3.63, 3.8) is 0 Å². The number of para-hydroxylation sites is 2. The number of hydrogen-bond donors (Lipinski definition) is 2. The van der Waals surface area contributed by atoms with Crippen molar-refractivity contribution >= 4 is 29.3 Å². The molecule has 0 bridgehead atoms. The quantitative estimate of drug-likeness (QED) is 0.643. The summed E-state index contributed by atoms with van der Waals surface area (Å²) in [6, 6.07) is 17.3. The Morgan fingerprint density at radius 2 is 1.97 bits per heavy atom. The second-order valence-corrected chi connectivity index (χ2v) is 7.96. The van der Waals surface area contributed by atoms with Crippen LogP contribution < -0.4 is 15.4 Å². The lowest BCUT2D eigenvalue weighted by atomic mass is 9.86. The normalized spacial score (nSPS) is 15.8. The standard InChI is InChI=1S/C24H25N3O3S/c1-3-16-9-5-7-11-20(16)26-23(29)15-31-24-19(14-25)18(13-22(28)27-24)17-10-6-8-12-21(17)30-4-2/h5-12,18H,3-4,13,15H2,1-2H3,(H,26,29)(H,27,28). The number of benzene rings is 2. The molecule has 2 amide bonds. The topological polar surface area (TPSA) is 91.2 Å². The Morgan fingerprint density at radius 3 is 2.71 bits per heavy atom. The maximum atomic E-state index is 12.5. The second-order valence-electron chi connectivity index (χ2n) is 6.98. The van der Waals surface area contributed by atoms with Gasteiger partial charge in [0.1, 0.15) is 5.75 Å². The summed E-state index contributed by atoms with van der Waals surface area (Å²) in [5.74, 6) is -0.0431. The molecule has 0 fully saturated rings. The van der Waals surface area contributed by atoms with Gasteiger partial charge >= 0.3 is 0 Å². The van der Waals surface area contributed by atoms with E-state index in [-0.39, 0.29) is 24.0 Å². The Balaban J connectivity index is 1.80. The molecule has 31 heavy (non-hydrogen) atoms. The first-order valence-electron chi connectivity index (χ1n) is 10.2. The van der Waals surface area contributed by atoms with E-state index in [0.717, 1.165) is 35.0 Å². The fourth-order valence-electron chi connectivity index (χ4n) is 3.53. The first-order valence-corrected chi connectivity index (χ1v) is 11.2. The van der Waals surface area contributed by atoms with Crippen molar-refractivity contribution < 1.29 is 14.3 Å². The highest BCUT2D eigenvalue weighted by atomic mass is 32.2. The van der Waals surface area contributed by atoms with Crippen LogP contribution in [-0.4, -0.2) is 24.2 Å². The Bertz CT molecular complexity index is 1040. The number of ether oxygens (including phenoxy) is 1. The number of aryl methyl sites for hydroxylation is 1. The van der Waals surface area contributed by atoms with Gasteiger partial charge in [-0.3, -0.25) is 9.59 Å². The first kappa shape index (κ1) is 22.4. The van der Waals surface area contributed by atoms with Crippen LogP contribution in [0, 0.1) is 11.3 Å². The van der Waals surface area contributed by atoms with E-state index in [2.05, 4.69) is 16.7 Å². The number of carbonyl (C=O) groups is 2. The minimum Gasteiger partial charge on any atom is -0.494 e. The minimum atomic E-state index is -0.409. The lowest BCUT2D eigenvalue weighted by molar-refractivity contribution is -0.121. The summed E-state index contributed by atoms with van der Waals surface area (Å²) >= 11 is 1.16. The Hall–Kier alpha value is -3.24. The van der Waals surface area contributed by atoms with Gasteiger partial charge in [-0.05, 0) is 31.0 Å². The fourth-order valence-corrected chi connectivity index (χ4v) is 4.41. The van der Waals surface area contributed by atoms with Gasteiger partial charge in [0.15, 0.2) is 0 Å². The molecule has 1 aliphatic rings. The van der Waals surface area contributed by atoms with Crippen LogP contribution in [0.15, 0.2) is 59.1 Å². The van der Waals surface area contributed by atoms with Crippen molar-refractivity contribution in [2.45, 2.75) is 32.6 Å². The van der Waals surface area contributed by atoms with E-state index in [9.17, 15) is 14.9 Å². The smallest absolute Gasteiger partial charge is 0.234 e. The molecule has 0 radical (unpaired) electrons. The molecule has 1 atom stereocenters. The summed E-state index contributed by atoms with van der Waals surface area (Å²) in [5.41, 5.74) is 3.08. The van der Waals surface area contributed by atoms with Crippen molar-refractivity contribution in [3.05, 3.63) is 70.3 Å². The molecular weight excluding hydrogens is 410 g/mol. The molecule has 0 saturated carbocycles. The minimum absolute atomic E-state index is 0.0820. The van der Waals surface area contributed by atoms with Gasteiger partial charge in [-0.25, -0.2) is 0 Å². The van der Waals surface area contributed by atoms with Gasteiger partial charge in [0.25, 0.3) is 0 Å². The predicted octanol–water partition coefficient (Wildman–Crippen LogP) is 4.36. The van der Waals surface area contributed by atoms with Crippen LogP contribution in [0.1, 0.15) is 37.3 Å². The highest BCUT2D eigenvalue weighted by molar-refractivity contribution is 8.03. The van der Waals surface area contributed by atoms with E-state index < -0.39 is 5.92 Å². The number of hydrogen-bond acceptors (Lipinski definition) is 5. The summed E-state index contributed by atoms with van der Waals surface area (Å²) in [4.78, 5) is 24.9. The number of thioether (sulfide) groups is 1. The Labute approximate surface area is 186 Å².